The smallest absolute Gasteiger partial charge is 0.133 e. The van der Waals surface area contributed by atoms with Gasteiger partial charge in [-0.2, -0.15) is 0 Å². The summed E-state index contributed by atoms with van der Waals surface area (Å²) in [4.78, 5) is 13.3. The first kappa shape index (κ1) is 13.6. The maximum absolute atomic E-state index is 4.71. The van der Waals surface area contributed by atoms with E-state index in [0.29, 0.717) is 5.92 Å². The largest absolute Gasteiger partial charge is 0.319 e. The molecule has 0 fully saturated rings. The number of aryl methyl sites for hydroxylation is 1. The molecule has 0 radical (unpaired) electrons. The number of likely N-dealkylation sites (N-methyl/N-ethyl adjacent to an activating group) is 1. The maximum Gasteiger partial charge on any atom is 0.133 e. The van der Waals surface area contributed by atoms with Crippen molar-refractivity contribution in [1.82, 2.24) is 20.3 Å². The van der Waals surface area contributed by atoms with E-state index in [-0.39, 0.29) is 0 Å². The molecule has 0 aliphatic heterocycles. The van der Waals surface area contributed by atoms with Crippen LogP contribution in [0.15, 0.2) is 30.6 Å². The van der Waals surface area contributed by atoms with E-state index in [1.165, 1.54) is 0 Å². The third-order valence-corrected chi connectivity index (χ3v) is 3.16. The molecule has 0 saturated carbocycles. The zero-order valence-electron chi connectivity index (χ0n) is 11.7. The van der Waals surface area contributed by atoms with Gasteiger partial charge < -0.3 is 5.32 Å². The number of aromatic nitrogens is 3. The van der Waals surface area contributed by atoms with E-state index in [1.54, 1.807) is 12.4 Å². The molecule has 0 amide bonds. The highest BCUT2D eigenvalue weighted by molar-refractivity contribution is 5.58. The van der Waals surface area contributed by atoms with Gasteiger partial charge in [-0.25, -0.2) is 9.97 Å². The van der Waals surface area contributed by atoms with Gasteiger partial charge in [0.1, 0.15) is 5.82 Å². The lowest BCUT2D eigenvalue weighted by Gasteiger charge is -2.14. The SMILES string of the molecule is CCC(CNC)c1nc(C)cc(-c2ccncc2)n1. The fraction of sp³-hybridized carbons (Fsp3) is 0.400. The van der Waals surface area contributed by atoms with Gasteiger partial charge in [0, 0.05) is 36.1 Å². The summed E-state index contributed by atoms with van der Waals surface area (Å²) in [7, 11) is 1.96. The number of hydrogen-bond acceptors (Lipinski definition) is 4. The van der Waals surface area contributed by atoms with Gasteiger partial charge in [0.15, 0.2) is 0 Å². The van der Waals surface area contributed by atoms with Gasteiger partial charge >= 0.3 is 0 Å². The highest BCUT2D eigenvalue weighted by atomic mass is 14.9. The molecule has 0 aliphatic carbocycles. The van der Waals surface area contributed by atoms with Crippen LogP contribution in [0.5, 0.6) is 0 Å². The number of nitrogens with zero attached hydrogens (tertiary/aromatic N) is 3. The van der Waals surface area contributed by atoms with E-state index in [2.05, 4.69) is 22.2 Å². The highest BCUT2D eigenvalue weighted by Gasteiger charge is 2.13. The van der Waals surface area contributed by atoms with Crippen LogP contribution < -0.4 is 5.32 Å². The molecular weight excluding hydrogens is 236 g/mol. The topological polar surface area (TPSA) is 50.7 Å². The van der Waals surface area contributed by atoms with Crippen molar-refractivity contribution < 1.29 is 0 Å². The molecule has 2 aromatic heterocycles. The molecule has 0 spiro atoms. The summed E-state index contributed by atoms with van der Waals surface area (Å²) in [6, 6.07) is 5.97. The minimum absolute atomic E-state index is 0.352. The Hall–Kier alpha value is -1.81. The molecule has 0 bridgehead atoms. The lowest BCUT2D eigenvalue weighted by atomic mass is 10.0. The lowest BCUT2D eigenvalue weighted by molar-refractivity contribution is 0.579. The van der Waals surface area contributed by atoms with Gasteiger partial charge in [0.2, 0.25) is 0 Å². The first-order valence-corrected chi connectivity index (χ1v) is 6.65. The molecule has 4 nitrogen and oxygen atoms in total. The normalized spacial score (nSPS) is 12.4. The van der Waals surface area contributed by atoms with E-state index in [0.717, 1.165) is 35.7 Å². The molecule has 1 atom stereocenters. The summed E-state index contributed by atoms with van der Waals surface area (Å²) >= 11 is 0. The van der Waals surface area contributed by atoms with Gasteiger partial charge in [-0.1, -0.05) is 6.92 Å². The van der Waals surface area contributed by atoms with Crippen LogP contribution in [-0.2, 0) is 0 Å². The Balaban J connectivity index is 2.39. The Bertz CT molecular complexity index is 525. The summed E-state index contributed by atoms with van der Waals surface area (Å²) in [6.07, 6.45) is 4.61. The molecule has 1 unspecified atom stereocenters. The second-order valence-corrected chi connectivity index (χ2v) is 4.65. The van der Waals surface area contributed by atoms with E-state index in [4.69, 9.17) is 4.98 Å². The van der Waals surface area contributed by atoms with Crippen LogP contribution in [0.4, 0.5) is 0 Å². The van der Waals surface area contributed by atoms with Crippen molar-refractivity contribution in [3.63, 3.8) is 0 Å². The quantitative estimate of drug-likeness (QED) is 0.893. The third kappa shape index (κ3) is 3.35. The Labute approximate surface area is 114 Å². The summed E-state index contributed by atoms with van der Waals surface area (Å²) in [6.45, 7) is 5.08. The second kappa shape index (κ2) is 6.38. The molecule has 1 N–H and O–H groups in total. The Morgan fingerprint density at radius 3 is 2.58 bits per heavy atom. The van der Waals surface area contributed by atoms with Crippen LogP contribution >= 0.6 is 0 Å². The Morgan fingerprint density at radius 2 is 1.95 bits per heavy atom. The maximum atomic E-state index is 4.71. The van der Waals surface area contributed by atoms with Crippen LogP contribution in [0.2, 0.25) is 0 Å². The molecule has 2 aromatic rings. The van der Waals surface area contributed by atoms with Gasteiger partial charge in [-0.3, -0.25) is 4.98 Å². The second-order valence-electron chi connectivity index (χ2n) is 4.65. The Kier molecular flexibility index (Phi) is 4.58. The van der Waals surface area contributed by atoms with Gasteiger partial charge in [-0.05, 0) is 38.6 Å². The van der Waals surface area contributed by atoms with Crippen LogP contribution in [0.1, 0.15) is 30.8 Å². The first-order chi connectivity index (χ1) is 9.24. The van der Waals surface area contributed by atoms with E-state index in [9.17, 15) is 0 Å². The van der Waals surface area contributed by atoms with E-state index >= 15 is 0 Å². The highest BCUT2D eigenvalue weighted by Crippen LogP contribution is 2.21. The first-order valence-electron chi connectivity index (χ1n) is 6.65. The van der Waals surface area contributed by atoms with Crippen LogP contribution in [0, 0.1) is 6.92 Å². The average molecular weight is 256 g/mol. The third-order valence-electron chi connectivity index (χ3n) is 3.16. The van der Waals surface area contributed by atoms with Gasteiger partial charge in [0.25, 0.3) is 0 Å². The predicted molar refractivity (Wildman–Crippen MR) is 77.0 cm³/mol. The monoisotopic (exact) mass is 256 g/mol. The molecule has 2 heterocycles. The minimum atomic E-state index is 0.352. The van der Waals surface area contributed by atoms with Gasteiger partial charge in [0.05, 0.1) is 5.69 Å². The number of pyridine rings is 1. The van der Waals surface area contributed by atoms with Crippen LogP contribution in [0.25, 0.3) is 11.3 Å². The van der Waals surface area contributed by atoms with Crippen molar-refractivity contribution in [3.05, 3.63) is 42.1 Å². The molecule has 19 heavy (non-hydrogen) atoms. The molecule has 100 valence electrons. The number of nitrogens with one attached hydrogen (secondary N) is 1. The van der Waals surface area contributed by atoms with Crippen LogP contribution in [0.3, 0.4) is 0 Å². The fourth-order valence-corrected chi connectivity index (χ4v) is 2.11. The average Bonchev–Trinajstić information content (AvgIpc) is 2.45. The van der Waals surface area contributed by atoms with Crippen molar-refractivity contribution in [2.75, 3.05) is 13.6 Å². The van der Waals surface area contributed by atoms with Crippen molar-refractivity contribution in [3.8, 4) is 11.3 Å². The van der Waals surface area contributed by atoms with Crippen molar-refractivity contribution in [2.24, 2.45) is 0 Å². The van der Waals surface area contributed by atoms with Crippen molar-refractivity contribution in [2.45, 2.75) is 26.2 Å². The summed E-state index contributed by atoms with van der Waals surface area (Å²) in [5, 5.41) is 3.21. The predicted octanol–water partition coefficient (Wildman–Crippen LogP) is 2.56. The standard InChI is InChI=1S/C15H20N4/c1-4-12(10-16-3)15-18-11(2)9-14(19-15)13-5-7-17-8-6-13/h5-9,12,16H,4,10H2,1-3H3. The zero-order chi connectivity index (χ0) is 13.7. The molecule has 0 aromatic carbocycles. The summed E-state index contributed by atoms with van der Waals surface area (Å²) in [5.41, 5.74) is 3.06. The number of hydrogen-bond donors (Lipinski definition) is 1. The molecule has 0 saturated heterocycles. The number of rotatable bonds is 5. The summed E-state index contributed by atoms with van der Waals surface area (Å²) < 4.78 is 0. The lowest BCUT2D eigenvalue weighted by Crippen LogP contribution is -2.19. The van der Waals surface area contributed by atoms with Crippen molar-refractivity contribution in [1.29, 1.82) is 0 Å². The molecule has 4 heteroatoms. The fourth-order valence-electron chi connectivity index (χ4n) is 2.11. The molecular formula is C15H20N4. The molecule has 0 aliphatic rings. The minimum Gasteiger partial charge on any atom is -0.319 e. The van der Waals surface area contributed by atoms with Crippen molar-refractivity contribution >= 4 is 0 Å². The van der Waals surface area contributed by atoms with Gasteiger partial charge in [-0.15, -0.1) is 0 Å². The Morgan fingerprint density at radius 1 is 1.21 bits per heavy atom. The zero-order valence-corrected chi connectivity index (χ0v) is 11.7. The van der Waals surface area contributed by atoms with Crippen LogP contribution in [-0.4, -0.2) is 28.5 Å². The van der Waals surface area contributed by atoms with E-state index < -0.39 is 0 Å². The summed E-state index contributed by atoms with van der Waals surface area (Å²) in [5.74, 6) is 1.27. The van der Waals surface area contributed by atoms with E-state index in [1.807, 2.05) is 32.2 Å². The molecule has 2 rings (SSSR count).